The summed E-state index contributed by atoms with van der Waals surface area (Å²) < 4.78 is 10.5. The van der Waals surface area contributed by atoms with Crippen LogP contribution in [0.25, 0.3) is 0 Å². The number of amides is 2. The summed E-state index contributed by atoms with van der Waals surface area (Å²) in [5.74, 6) is -1.13. The normalized spacial score (nSPS) is 21.2. The molecule has 2 aliphatic carbocycles. The summed E-state index contributed by atoms with van der Waals surface area (Å²) in [6.45, 7) is 1.10. The van der Waals surface area contributed by atoms with E-state index >= 15 is 0 Å². The quantitative estimate of drug-likeness (QED) is 0.607. The molecule has 0 spiro atoms. The van der Waals surface area contributed by atoms with Crippen LogP contribution >= 0.6 is 0 Å². The Morgan fingerprint density at radius 3 is 1.23 bits per heavy atom. The number of hydrogen-bond donors (Lipinski definition) is 0. The van der Waals surface area contributed by atoms with E-state index in [0.29, 0.717) is 26.2 Å². The van der Waals surface area contributed by atoms with Crippen molar-refractivity contribution in [2.75, 3.05) is 39.4 Å². The summed E-state index contributed by atoms with van der Waals surface area (Å²) in [6, 6.07) is 0. The molecule has 3 aliphatic rings. The van der Waals surface area contributed by atoms with E-state index in [1.807, 2.05) is 0 Å². The molecule has 1 heterocycles. The van der Waals surface area contributed by atoms with E-state index in [2.05, 4.69) is 0 Å². The van der Waals surface area contributed by atoms with Crippen molar-refractivity contribution >= 4 is 23.8 Å². The maximum Gasteiger partial charge on any atom is 0.309 e. The molecule has 0 unspecified atom stereocenters. The van der Waals surface area contributed by atoms with Gasteiger partial charge in [-0.05, 0) is 25.7 Å². The average molecular weight is 423 g/mol. The van der Waals surface area contributed by atoms with Crippen molar-refractivity contribution in [1.82, 2.24) is 9.80 Å². The Bertz CT molecular complexity index is 563. The molecule has 2 amide bonds. The largest absolute Gasteiger partial charge is 0.455 e. The molecule has 8 nitrogen and oxygen atoms in total. The summed E-state index contributed by atoms with van der Waals surface area (Å²) in [6.07, 6.45) is 9.87. The average Bonchev–Trinajstić information content (AvgIpc) is 2.81. The van der Waals surface area contributed by atoms with Gasteiger partial charge in [0.25, 0.3) is 11.8 Å². The maximum absolute atomic E-state index is 12.3. The first-order valence-corrected chi connectivity index (χ1v) is 11.4. The molecule has 3 fully saturated rings. The minimum Gasteiger partial charge on any atom is -0.455 e. The fourth-order valence-electron chi connectivity index (χ4n) is 4.57. The first kappa shape index (κ1) is 22.6. The topological polar surface area (TPSA) is 93.2 Å². The second-order valence-electron chi connectivity index (χ2n) is 8.65. The lowest BCUT2D eigenvalue weighted by molar-refractivity contribution is -0.159. The second-order valence-corrected chi connectivity index (χ2v) is 8.65. The highest BCUT2D eigenvalue weighted by molar-refractivity contribution is 5.83. The standard InChI is InChI=1S/C22H34N2O6/c25-19(15-29-21(27)17-7-3-1-4-8-17)23-11-13-24(14-12-23)20(26)16-30-22(28)18-9-5-2-6-10-18/h17-18H,1-16H2. The number of carbonyl (C=O) groups excluding carboxylic acids is 4. The molecule has 0 aromatic rings. The van der Waals surface area contributed by atoms with Gasteiger partial charge in [-0.1, -0.05) is 38.5 Å². The van der Waals surface area contributed by atoms with Gasteiger partial charge < -0.3 is 19.3 Å². The molecular formula is C22H34N2O6. The maximum atomic E-state index is 12.3. The van der Waals surface area contributed by atoms with Gasteiger partial charge in [-0.25, -0.2) is 0 Å². The van der Waals surface area contributed by atoms with Gasteiger partial charge in [-0.3, -0.25) is 19.2 Å². The number of esters is 2. The smallest absolute Gasteiger partial charge is 0.309 e. The SMILES string of the molecule is O=C(OCC(=O)N1CCN(C(=O)COC(=O)C2CCCCC2)CC1)C1CCCCC1. The Labute approximate surface area is 178 Å². The van der Waals surface area contributed by atoms with Gasteiger partial charge in [0.05, 0.1) is 11.8 Å². The fourth-order valence-corrected chi connectivity index (χ4v) is 4.57. The van der Waals surface area contributed by atoms with Gasteiger partial charge >= 0.3 is 11.9 Å². The van der Waals surface area contributed by atoms with Gasteiger partial charge in [-0.15, -0.1) is 0 Å². The molecule has 0 aromatic heterocycles. The summed E-state index contributed by atoms with van der Waals surface area (Å²) in [7, 11) is 0. The number of piperazine rings is 1. The van der Waals surface area contributed by atoms with Crippen LogP contribution in [0.3, 0.4) is 0 Å². The van der Waals surface area contributed by atoms with Crippen molar-refractivity contribution in [1.29, 1.82) is 0 Å². The summed E-state index contributed by atoms with van der Waals surface area (Å²) >= 11 is 0. The first-order chi connectivity index (χ1) is 14.5. The summed E-state index contributed by atoms with van der Waals surface area (Å²) in [5.41, 5.74) is 0. The van der Waals surface area contributed by atoms with E-state index in [0.717, 1.165) is 64.2 Å². The minimum absolute atomic E-state index is 0.0719. The zero-order valence-electron chi connectivity index (χ0n) is 17.8. The van der Waals surface area contributed by atoms with E-state index in [1.165, 1.54) is 0 Å². The van der Waals surface area contributed by atoms with Crippen LogP contribution in [0.2, 0.25) is 0 Å². The predicted molar refractivity (Wildman–Crippen MR) is 108 cm³/mol. The van der Waals surface area contributed by atoms with Crippen LogP contribution in [0.15, 0.2) is 0 Å². The lowest BCUT2D eigenvalue weighted by atomic mass is 9.89. The third kappa shape index (κ3) is 6.44. The van der Waals surface area contributed by atoms with E-state index in [-0.39, 0.29) is 48.8 Å². The molecular weight excluding hydrogens is 388 g/mol. The van der Waals surface area contributed by atoms with Crippen LogP contribution in [0.4, 0.5) is 0 Å². The fraction of sp³-hybridized carbons (Fsp3) is 0.818. The molecule has 30 heavy (non-hydrogen) atoms. The van der Waals surface area contributed by atoms with Crippen LogP contribution in [0.1, 0.15) is 64.2 Å². The van der Waals surface area contributed by atoms with Gasteiger partial charge in [0.15, 0.2) is 13.2 Å². The van der Waals surface area contributed by atoms with E-state index in [4.69, 9.17) is 9.47 Å². The van der Waals surface area contributed by atoms with Crippen molar-refractivity contribution < 1.29 is 28.7 Å². The summed E-state index contributed by atoms with van der Waals surface area (Å²) in [5, 5.41) is 0. The molecule has 0 aromatic carbocycles. The van der Waals surface area contributed by atoms with E-state index in [9.17, 15) is 19.2 Å². The number of hydrogen-bond acceptors (Lipinski definition) is 6. The zero-order chi connectivity index (χ0) is 21.3. The molecule has 3 rings (SSSR count). The molecule has 0 N–H and O–H groups in total. The van der Waals surface area contributed by atoms with Crippen LogP contribution in [-0.2, 0) is 28.7 Å². The highest BCUT2D eigenvalue weighted by Crippen LogP contribution is 2.25. The van der Waals surface area contributed by atoms with Gasteiger partial charge in [-0.2, -0.15) is 0 Å². The monoisotopic (exact) mass is 422 g/mol. The molecule has 8 heteroatoms. The number of ether oxygens (including phenoxy) is 2. The predicted octanol–water partition coefficient (Wildman–Crippen LogP) is 1.90. The van der Waals surface area contributed by atoms with E-state index in [1.54, 1.807) is 9.80 Å². The Morgan fingerprint density at radius 2 is 0.900 bits per heavy atom. The molecule has 1 aliphatic heterocycles. The summed E-state index contributed by atoms with van der Waals surface area (Å²) in [4.78, 5) is 52.1. The molecule has 168 valence electrons. The van der Waals surface area contributed by atoms with Crippen molar-refractivity contribution in [3.8, 4) is 0 Å². The van der Waals surface area contributed by atoms with Crippen molar-refractivity contribution in [3.63, 3.8) is 0 Å². The lowest BCUT2D eigenvalue weighted by Crippen LogP contribution is -2.52. The number of rotatable bonds is 6. The molecule has 0 radical (unpaired) electrons. The first-order valence-electron chi connectivity index (χ1n) is 11.4. The van der Waals surface area contributed by atoms with Crippen molar-refractivity contribution in [2.45, 2.75) is 64.2 Å². The molecule has 0 atom stereocenters. The van der Waals surface area contributed by atoms with E-state index < -0.39 is 0 Å². The Hall–Kier alpha value is -2.12. The third-order valence-corrected chi connectivity index (χ3v) is 6.54. The molecule has 1 saturated heterocycles. The highest BCUT2D eigenvalue weighted by Gasteiger charge is 2.28. The second kappa shape index (κ2) is 11.3. The van der Waals surface area contributed by atoms with Crippen LogP contribution in [0.5, 0.6) is 0 Å². The zero-order valence-corrected chi connectivity index (χ0v) is 17.8. The number of nitrogens with zero attached hydrogens (tertiary/aromatic N) is 2. The van der Waals surface area contributed by atoms with Gasteiger partial charge in [0, 0.05) is 26.2 Å². The molecule has 2 saturated carbocycles. The number of carbonyl (C=O) groups is 4. The van der Waals surface area contributed by atoms with Crippen LogP contribution in [0, 0.1) is 11.8 Å². The third-order valence-electron chi connectivity index (χ3n) is 6.54. The lowest BCUT2D eigenvalue weighted by Gasteiger charge is -2.34. The Kier molecular flexibility index (Phi) is 8.51. The van der Waals surface area contributed by atoms with Gasteiger partial charge in [0.1, 0.15) is 0 Å². The van der Waals surface area contributed by atoms with Crippen molar-refractivity contribution in [3.05, 3.63) is 0 Å². The highest BCUT2D eigenvalue weighted by atomic mass is 16.5. The van der Waals surface area contributed by atoms with Crippen LogP contribution in [-0.4, -0.2) is 72.9 Å². The van der Waals surface area contributed by atoms with Crippen molar-refractivity contribution in [2.24, 2.45) is 11.8 Å². The molecule has 0 bridgehead atoms. The Morgan fingerprint density at radius 1 is 0.567 bits per heavy atom. The Balaban J connectivity index is 1.32. The van der Waals surface area contributed by atoms with Crippen LogP contribution < -0.4 is 0 Å². The van der Waals surface area contributed by atoms with Gasteiger partial charge in [0.2, 0.25) is 0 Å². The minimum atomic E-state index is -0.267.